The van der Waals surface area contributed by atoms with Crippen LogP contribution in [0.4, 0.5) is 0 Å². The Morgan fingerprint density at radius 1 is 1.27 bits per heavy atom. The molecule has 1 aliphatic rings. The van der Waals surface area contributed by atoms with E-state index in [-0.39, 0.29) is 18.0 Å². The molecule has 0 aliphatic heterocycles. The first-order valence-corrected chi connectivity index (χ1v) is 9.80. The second-order valence-corrected chi connectivity index (χ2v) is 7.69. The van der Waals surface area contributed by atoms with E-state index in [0.29, 0.717) is 13.1 Å². The highest BCUT2D eigenvalue weighted by Crippen LogP contribution is 2.34. The van der Waals surface area contributed by atoms with Crippen molar-refractivity contribution in [3.8, 4) is 0 Å². The lowest BCUT2D eigenvalue weighted by Crippen LogP contribution is -2.36. The van der Waals surface area contributed by atoms with Gasteiger partial charge in [-0.25, -0.2) is 4.98 Å². The number of amides is 1. The molecule has 0 fully saturated rings. The lowest BCUT2D eigenvalue weighted by atomic mass is 10.2. The fraction of sp³-hybridized carbons (Fsp3) is 0.350. The van der Waals surface area contributed by atoms with Crippen molar-refractivity contribution in [2.75, 3.05) is 6.54 Å². The molecule has 2 heterocycles. The number of aryl methyl sites for hydroxylation is 2. The molecule has 0 radical (unpaired) electrons. The first-order valence-electron chi connectivity index (χ1n) is 8.98. The van der Waals surface area contributed by atoms with Gasteiger partial charge in [-0.1, -0.05) is 30.3 Å². The number of nitrogens with zero attached hydrogens (tertiary/aromatic N) is 3. The molecule has 134 valence electrons. The first kappa shape index (κ1) is 17.0. The van der Waals surface area contributed by atoms with Gasteiger partial charge in [-0.05, 0) is 37.3 Å². The van der Waals surface area contributed by atoms with E-state index in [1.807, 2.05) is 37.3 Å². The second kappa shape index (κ2) is 7.03. The molecule has 1 amide bonds. The molecule has 3 aromatic rings. The van der Waals surface area contributed by atoms with Crippen LogP contribution in [-0.4, -0.2) is 26.9 Å². The van der Waals surface area contributed by atoms with Crippen molar-refractivity contribution in [3.05, 3.63) is 63.0 Å². The molecule has 1 aliphatic carbocycles. The summed E-state index contributed by atoms with van der Waals surface area (Å²) in [5, 5.41) is 0.726. The normalized spacial score (nSPS) is 13.1. The zero-order valence-corrected chi connectivity index (χ0v) is 15.6. The van der Waals surface area contributed by atoms with Crippen molar-refractivity contribution < 1.29 is 4.79 Å². The van der Waals surface area contributed by atoms with Crippen LogP contribution in [-0.2, 0) is 30.7 Å². The Morgan fingerprint density at radius 2 is 2.08 bits per heavy atom. The summed E-state index contributed by atoms with van der Waals surface area (Å²) in [5.41, 5.74) is 2.15. The number of hydrogen-bond donors (Lipinski definition) is 0. The minimum atomic E-state index is -0.0847. The molecule has 5 nitrogen and oxygen atoms in total. The molecule has 6 heteroatoms. The van der Waals surface area contributed by atoms with Gasteiger partial charge in [0.15, 0.2) is 0 Å². The van der Waals surface area contributed by atoms with Crippen LogP contribution in [0.3, 0.4) is 0 Å². The number of rotatable bonds is 5. The Balaban J connectivity index is 1.59. The standard InChI is InChI=1S/C20H21N3O2S/c1-2-22(11-14-7-4-3-5-8-14)17(24)12-23-13-21-19-18(20(23)25)15-9-6-10-16(15)26-19/h3-5,7-8,13H,2,6,9-12H2,1H3. The third kappa shape index (κ3) is 3.05. The minimum absolute atomic E-state index is 0.0348. The molecular weight excluding hydrogens is 346 g/mol. The van der Waals surface area contributed by atoms with Gasteiger partial charge in [-0.15, -0.1) is 11.3 Å². The number of fused-ring (bicyclic) bond motifs is 3. The van der Waals surface area contributed by atoms with Gasteiger partial charge in [0, 0.05) is 18.0 Å². The number of carbonyl (C=O) groups excluding carboxylic acids is 1. The van der Waals surface area contributed by atoms with Gasteiger partial charge in [0.25, 0.3) is 5.56 Å². The molecule has 0 saturated carbocycles. The third-order valence-electron chi connectivity index (χ3n) is 4.95. The molecule has 0 atom stereocenters. The number of likely N-dealkylation sites (N-methyl/N-ethyl adjacent to an activating group) is 1. The van der Waals surface area contributed by atoms with E-state index in [1.165, 1.54) is 15.8 Å². The number of aromatic nitrogens is 2. The van der Waals surface area contributed by atoms with Crippen LogP contribution >= 0.6 is 11.3 Å². The van der Waals surface area contributed by atoms with Crippen molar-refractivity contribution in [1.82, 2.24) is 14.5 Å². The number of benzene rings is 1. The fourth-order valence-corrected chi connectivity index (χ4v) is 4.78. The molecule has 1 aromatic carbocycles. The largest absolute Gasteiger partial charge is 0.337 e. The summed E-state index contributed by atoms with van der Waals surface area (Å²) in [6, 6.07) is 9.90. The predicted octanol–water partition coefficient (Wildman–Crippen LogP) is 3.00. The summed E-state index contributed by atoms with van der Waals surface area (Å²) in [6.07, 6.45) is 4.60. The average molecular weight is 367 g/mol. The Kier molecular flexibility index (Phi) is 4.59. The number of hydrogen-bond acceptors (Lipinski definition) is 4. The highest BCUT2D eigenvalue weighted by atomic mass is 32.1. The van der Waals surface area contributed by atoms with Crippen molar-refractivity contribution in [2.24, 2.45) is 0 Å². The third-order valence-corrected chi connectivity index (χ3v) is 6.15. The van der Waals surface area contributed by atoms with Gasteiger partial charge in [-0.2, -0.15) is 0 Å². The van der Waals surface area contributed by atoms with Crippen molar-refractivity contribution in [3.63, 3.8) is 0 Å². The molecule has 0 bridgehead atoms. The molecule has 4 rings (SSSR count). The fourth-order valence-electron chi connectivity index (χ4n) is 3.56. The van der Waals surface area contributed by atoms with E-state index in [0.717, 1.165) is 40.6 Å². The zero-order valence-electron chi connectivity index (χ0n) is 14.8. The lowest BCUT2D eigenvalue weighted by Gasteiger charge is -2.21. The van der Waals surface area contributed by atoms with E-state index >= 15 is 0 Å². The Labute approximate surface area is 155 Å². The molecule has 0 unspecified atom stereocenters. The van der Waals surface area contributed by atoms with Crippen LogP contribution in [0.25, 0.3) is 10.2 Å². The summed E-state index contributed by atoms with van der Waals surface area (Å²) in [6.45, 7) is 3.14. The van der Waals surface area contributed by atoms with E-state index in [4.69, 9.17) is 0 Å². The predicted molar refractivity (Wildman–Crippen MR) is 103 cm³/mol. The summed E-state index contributed by atoms with van der Waals surface area (Å²) < 4.78 is 1.46. The summed E-state index contributed by atoms with van der Waals surface area (Å²) in [4.78, 5) is 34.0. The zero-order chi connectivity index (χ0) is 18.1. The van der Waals surface area contributed by atoms with E-state index in [1.54, 1.807) is 16.2 Å². The maximum Gasteiger partial charge on any atom is 0.262 e. The van der Waals surface area contributed by atoms with Gasteiger partial charge in [-0.3, -0.25) is 14.2 Å². The molecule has 0 saturated heterocycles. The average Bonchev–Trinajstić information content (AvgIpc) is 3.23. The van der Waals surface area contributed by atoms with Crippen molar-refractivity contribution in [2.45, 2.75) is 39.3 Å². The van der Waals surface area contributed by atoms with E-state index in [2.05, 4.69) is 4.98 Å². The van der Waals surface area contributed by atoms with Crippen LogP contribution < -0.4 is 5.56 Å². The van der Waals surface area contributed by atoms with E-state index < -0.39 is 0 Å². The first-order chi connectivity index (χ1) is 12.7. The topological polar surface area (TPSA) is 55.2 Å². The quantitative estimate of drug-likeness (QED) is 0.697. The summed E-state index contributed by atoms with van der Waals surface area (Å²) in [7, 11) is 0. The Morgan fingerprint density at radius 3 is 2.85 bits per heavy atom. The monoisotopic (exact) mass is 367 g/mol. The van der Waals surface area contributed by atoms with Crippen LogP contribution in [0.1, 0.15) is 29.3 Å². The smallest absolute Gasteiger partial charge is 0.262 e. The van der Waals surface area contributed by atoms with Gasteiger partial charge in [0.05, 0.1) is 11.7 Å². The van der Waals surface area contributed by atoms with Crippen LogP contribution in [0.5, 0.6) is 0 Å². The van der Waals surface area contributed by atoms with E-state index in [9.17, 15) is 9.59 Å². The molecular formula is C20H21N3O2S. The van der Waals surface area contributed by atoms with Gasteiger partial charge in [0.2, 0.25) is 5.91 Å². The summed E-state index contributed by atoms with van der Waals surface area (Å²) in [5.74, 6) is -0.0634. The number of carbonyl (C=O) groups is 1. The summed E-state index contributed by atoms with van der Waals surface area (Å²) >= 11 is 1.62. The minimum Gasteiger partial charge on any atom is -0.337 e. The number of thiophene rings is 1. The molecule has 0 N–H and O–H groups in total. The van der Waals surface area contributed by atoms with Crippen LogP contribution in [0.2, 0.25) is 0 Å². The highest BCUT2D eigenvalue weighted by molar-refractivity contribution is 7.18. The Bertz CT molecular complexity index is 1010. The lowest BCUT2D eigenvalue weighted by molar-refractivity contribution is -0.132. The maximum atomic E-state index is 12.9. The second-order valence-electron chi connectivity index (χ2n) is 6.61. The SMILES string of the molecule is CCN(Cc1ccccc1)C(=O)Cn1cnc2sc3c(c2c1=O)CCC3. The van der Waals surface area contributed by atoms with Crippen LogP contribution in [0, 0.1) is 0 Å². The Hall–Kier alpha value is -2.47. The molecule has 2 aromatic heterocycles. The molecule has 0 spiro atoms. The highest BCUT2D eigenvalue weighted by Gasteiger charge is 2.22. The van der Waals surface area contributed by atoms with Crippen molar-refractivity contribution >= 4 is 27.5 Å². The maximum absolute atomic E-state index is 12.9. The van der Waals surface area contributed by atoms with Gasteiger partial charge < -0.3 is 4.90 Å². The van der Waals surface area contributed by atoms with Gasteiger partial charge in [0.1, 0.15) is 11.4 Å². The molecule has 26 heavy (non-hydrogen) atoms. The van der Waals surface area contributed by atoms with Crippen LogP contribution in [0.15, 0.2) is 41.5 Å². The van der Waals surface area contributed by atoms with Gasteiger partial charge >= 0.3 is 0 Å². The van der Waals surface area contributed by atoms with Crippen molar-refractivity contribution in [1.29, 1.82) is 0 Å².